The van der Waals surface area contributed by atoms with Crippen molar-refractivity contribution in [2.75, 3.05) is 0 Å². The molecule has 0 fully saturated rings. The molecule has 11 aromatic carbocycles. The van der Waals surface area contributed by atoms with E-state index in [4.69, 9.17) is 15.0 Å². The zero-order valence-electron chi connectivity index (χ0n) is 60.4. The van der Waals surface area contributed by atoms with Crippen molar-refractivity contribution in [3.63, 3.8) is 0 Å². The average Bonchev–Trinajstić information content (AvgIpc) is 1.58. The van der Waals surface area contributed by atoms with Gasteiger partial charge < -0.3 is 9.13 Å². The molecule has 22 aromatic rings. The van der Waals surface area contributed by atoms with Crippen LogP contribution in [0.15, 0.2) is 395 Å². The second-order valence-corrected chi connectivity index (χ2v) is 28.0. The Morgan fingerprint density at radius 1 is 0.170 bits per heavy atom. The lowest BCUT2D eigenvalue weighted by Crippen LogP contribution is -1.95. The third-order valence-corrected chi connectivity index (χ3v) is 21.6. The molecule has 0 saturated heterocycles. The Hall–Kier alpha value is -15.3. The molecule has 22 rings (SSSR count). The normalized spacial score (nSPS) is 11.6. The summed E-state index contributed by atoms with van der Waals surface area (Å²) < 4.78 is 9.30. The predicted molar refractivity (Wildman–Crippen MR) is 458 cm³/mol. The molecule has 11 aromatic heterocycles. The highest BCUT2D eigenvalue weighted by Gasteiger charge is 2.23. The lowest BCUT2D eigenvalue weighted by molar-refractivity contribution is 1.14. The molecular weight excluding hydrogens is 1370 g/mol. The fourth-order valence-electron chi connectivity index (χ4n) is 16.5. The summed E-state index contributed by atoms with van der Waals surface area (Å²) in [6.07, 6.45) is 11.0. The minimum absolute atomic E-state index is 0.807. The maximum absolute atomic E-state index is 4.97. The molecule has 0 bridgehead atoms. The number of para-hydroxylation sites is 4. The van der Waals surface area contributed by atoms with Gasteiger partial charge in [0.25, 0.3) is 0 Å². The minimum atomic E-state index is 0.807. The number of rotatable bonds is 12. The van der Waals surface area contributed by atoms with Gasteiger partial charge in [-0.25, -0.2) is 15.0 Å². The Morgan fingerprint density at radius 3 is 0.938 bits per heavy atom. The molecule has 0 aliphatic rings. The molecule has 0 N–H and O–H groups in total. The fourth-order valence-corrected chi connectivity index (χ4v) is 16.5. The summed E-state index contributed by atoms with van der Waals surface area (Å²) >= 11 is 0. The van der Waals surface area contributed by atoms with Crippen molar-refractivity contribution in [1.29, 1.82) is 0 Å². The molecule has 11 nitrogen and oxygen atoms in total. The largest absolute Gasteiger partial charge is 0.309 e. The van der Waals surface area contributed by atoms with Gasteiger partial charge in [-0.15, -0.1) is 0 Å². The number of nitrogens with zero attached hydrogens (tertiary/aromatic N) is 11. The van der Waals surface area contributed by atoms with E-state index in [1.165, 1.54) is 65.6 Å². The number of aromatic nitrogens is 11. The first-order chi connectivity index (χ1) is 55.6. The van der Waals surface area contributed by atoms with Crippen LogP contribution in [0.4, 0.5) is 0 Å². The highest BCUT2D eigenvalue weighted by molar-refractivity contribution is 6.19. The van der Waals surface area contributed by atoms with E-state index in [0.717, 1.165) is 134 Å². The van der Waals surface area contributed by atoms with Gasteiger partial charge in [-0.2, -0.15) is 0 Å². The lowest BCUT2D eigenvalue weighted by Gasteiger charge is -2.12. The van der Waals surface area contributed by atoms with Crippen LogP contribution in [0.3, 0.4) is 0 Å². The van der Waals surface area contributed by atoms with Gasteiger partial charge in [-0.05, 0) is 245 Å². The third-order valence-electron chi connectivity index (χ3n) is 21.6. The van der Waals surface area contributed by atoms with E-state index in [1.54, 1.807) is 12.4 Å². The van der Waals surface area contributed by atoms with Crippen LogP contribution in [0.2, 0.25) is 0 Å². The number of hydrogen-bond acceptors (Lipinski definition) is 7. The van der Waals surface area contributed by atoms with Crippen LogP contribution in [0, 0.1) is 0 Å². The SMILES string of the molecule is c1ccc(-n2c3ccc(-c4cccc5c4c4ccccc4n5-c4ccc(-c5cc(-c6ccccn6)cc(-c6ccccn6)c5)cc4)cc3c3cccnc32)cc1.c1ccc(-n2c3ccc(-c4cccc5c4c4ccccc4n5-c4ccc(-c5cc(-c6ccccn6)nc(-c6ccccn6)c5)cc4)cc3c3cccnc32)cc1. The van der Waals surface area contributed by atoms with Crippen LogP contribution < -0.4 is 0 Å². The molecule has 112 heavy (non-hydrogen) atoms. The first-order valence-corrected chi connectivity index (χ1v) is 37.6. The number of hydrogen-bond donors (Lipinski definition) is 0. The first kappa shape index (κ1) is 65.0. The maximum Gasteiger partial charge on any atom is 0.145 e. The van der Waals surface area contributed by atoms with Gasteiger partial charge in [-0.3, -0.25) is 29.1 Å². The van der Waals surface area contributed by atoms with E-state index in [-0.39, 0.29) is 0 Å². The summed E-state index contributed by atoms with van der Waals surface area (Å²) in [6.45, 7) is 0. The number of fused-ring (bicyclic) bond motifs is 12. The highest BCUT2D eigenvalue weighted by atomic mass is 15.1. The average molecular weight is 1430 g/mol. The Bertz CT molecular complexity index is 6770. The summed E-state index contributed by atoms with van der Waals surface area (Å²) in [6, 6.07) is 126. The van der Waals surface area contributed by atoms with E-state index in [2.05, 4.69) is 323 Å². The number of pyridine rings is 7. The van der Waals surface area contributed by atoms with Crippen molar-refractivity contribution in [2.45, 2.75) is 0 Å². The zero-order chi connectivity index (χ0) is 74.0. The summed E-state index contributed by atoms with van der Waals surface area (Å²) in [5, 5.41) is 9.54. The molecule has 0 saturated carbocycles. The Labute approximate surface area is 644 Å². The van der Waals surface area contributed by atoms with Crippen LogP contribution in [0.5, 0.6) is 0 Å². The molecule has 11 heterocycles. The fraction of sp³-hybridized carbons (Fsp3) is 0. The van der Waals surface area contributed by atoms with Gasteiger partial charge in [0.05, 0.1) is 67.3 Å². The van der Waals surface area contributed by atoms with Gasteiger partial charge >= 0.3 is 0 Å². The first-order valence-electron chi connectivity index (χ1n) is 37.6. The maximum atomic E-state index is 4.97. The van der Waals surface area contributed by atoms with E-state index in [1.807, 2.05) is 97.6 Å². The van der Waals surface area contributed by atoms with Crippen LogP contribution in [0.25, 0.3) is 200 Å². The van der Waals surface area contributed by atoms with E-state index >= 15 is 0 Å². The molecule has 0 aliphatic carbocycles. The monoisotopic (exact) mass is 1430 g/mol. The zero-order valence-corrected chi connectivity index (χ0v) is 60.4. The van der Waals surface area contributed by atoms with Crippen LogP contribution >= 0.6 is 0 Å². The topological polar surface area (TPSA) is 110 Å². The molecule has 0 spiro atoms. The van der Waals surface area contributed by atoms with E-state index < -0.39 is 0 Å². The Morgan fingerprint density at radius 2 is 0.509 bits per heavy atom. The van der Waals surface area contributed by atoms with Crippen molar-refractivity contribution < 1.29 is 0 Å². The van der Waals surface area contributed by atoms with Crippen molar-refractivity contribution in [3.8, 4) is 113 Å². The van der Waals surface area contributed by atoms with Gasteiger partial charge in [0, 0.05) is 114 Å². The summed E-state index contributed by atoms with van der Waals surface area (Å²) in [7, 11) is 0. The second-order valence-electron chi connectivity index (χ2n) is 28.0. The molecule has 0 unspecified atom stereocenters. The van der Waals surface area contributed by atoms with Crippen molar-refractivity contribution >= 4 is 87.5 Å². The quantitative estimate of drug-likeness (QED) is 0.120. The minimum Gasteiger partial charge on any atom is -0.309 e. The van der Waals surface area contributed by atoms with Crippen molar-refractivity contribution in [2.24, 2.45) is 0 Å². The smallest absolute Gasteiger partial charge is 0.145 e. The second kappa shape index (κ2) is 27.5. The van der Waals surface area contributed by atoms with Gasteiger partial charge in [-0.1, -0.05) is 158 Å². The molecule has 0 aliphatic heterocycles. The molecular formula is C101H65N11. The summed E-state index contributed by atoms with van der Waals surface area (Å²) in [5.74, 6) is 0. The Kier molecular flexibility index (Phi) is 15.9. The predicted octanol–water partition coefficient (Wildman–Crippen LogP) is 24.9. The molecule has 0 amide bonds. The summed E-state index contributed by atoms with van der Waals surface area (Å²) in [4.78, 5) is 33.2. The van der Waals surface area contributed by atoms with Gasteiger partial charge in [0.1, 0.15) is 11.3 Å². The molecule has 524 valence electrons. The van der Waals surface area contributed by atoms with Crippen molar-refractivity contribution in [1.82, 2.24) is 53.2 Å². The van der Waals surface area contributed by atoms with Crippen molar-refractivity contribution in [3.05, 3.63) is 395 Å². The van der Waals surface area contributed by atoms with Gasteiger partial charge in [0.2, 0.25) is 0 Å². The van der Waals surface area contributed by atoms with E-state index in [0.29, 0.717) is 0 Å². The molecule has 0 radical (unpaired) electrons. The van der Waals surface area contributed by atoms with Crippen LogP contribution in [-0.2, 0) is 0 Å². The Balaban J connectivity index is 0.000000141. The standard InChI is InChI=1S/C51H33N5.C50H32N6/c1-2-12-39(13-3-1)56-48-26-23-35(33-44(48)42-16-11-29-54-51(42)56)41-15-10-20-49-50(41)43-14-4-5-19-47(43)55(49)40-24-21-34(22-25-40)36-30-37(45-17-6-8-27-52-45)32-38(31-36)46-18-7-9-28-53-46;1-2-12-36(13-3-1)56-47-26-23-34(30-41(47)39-16-11-29-53-50(39)56)38-15-10-20-48-49(38)40-14-4-5-19-46(40)55(48)37-24-21-33(22-25-37)35-31-44(42-17-6-8-27-51-42)54-45(32-35)43-18-7-9-28-52-43/h1-33H;1-32H. The van der Waals surface area contributed by atoms with E-state index in [9.17, 15) is 0 Å². The highest BCUT2D eigenvalue weighted by Crippen LogP contribution is 2.45. The molecule has 11 heteroatoms. The van der Waals surface area contributed by atoms with Crippen LogP contribution in [0.1, 0.15) is 0 Å². The molecule has 0 atom stereocenters. The number of benzene rings is 11. The van der Waals surface area contributed by atoms with Gasteiger partial charge in [0.15, 0.2) is 0 Å². The summed E-state index contributed by atoms with van der Waals surface area (Å²) in [5.41, 5.74) is 29.6. The van der Waals surface area contributed by atoms with Crippen LogP contribution in [-0.4, -0.2) is 53.2 Å². The third kappa shape index (κ3) is 11.3. The lowest BCUT2D eigenvalue weighted by atomic mass is 9.96.